The fourth-order valence-corrected chi connectivity index (χ4v) is 5.23. The third kappa shape index (κ3) is 3.47. The van der Waals surface area contributed by atoms with Gasteiger partial charge in [0.1, 0.15) is 0 Å². The minimum atomic E-state index is -0.681. The average molecular weight is 558 g/mol. The van der Waals surface area contributed by atoms with Crippen LogP contribution in [0.4, 0.5) is 0 Å². The van der Waals surface area contributed by atoms with E-state index in [4.69, 9.17) is 9.47 Å². The van der Waals surface area contributed by atoms with Crippen LogP contribution in [0.25, 0.3) is 0 Å². The number of hydrogen-bond donors (Lipinski definition) is 0. The first-order valence-electron chi connectivity index (χ1n) is 9.83. The van der Waals surface area contributed by atoms with Gasteiger partial charge in [0.25, 0.3) is 0 Å². The predicted molar refractivity (Wildman–Crippen MR) is 119 cm³/mol. The maximum atomic E-state index is 13.5. The van der Waals surface area contributed by atoms with Crippen molar-refractivity contribution in [2.45, 2.75) is 24.7 Å². The van der Waals surface area contributed by atoms with Gasteiger partial charge in [-0.15, -0.1) is 0 Å². The highest BCUT2D eigenvalue weighted by Crippen LogP contribution is 2.46. The van der Waals surface area contributed by atoms with Crippen molar-refractivity contribution >= 4 is 55.4 Å². The van der Waals surface area contributed by atoms with E-state index in [1.165, 1.54) is 0 Å². The van der Waals surface area contributed by atoms with Gasteiger partial charge < -0.3 is 9.47 Å². The topological polar surface area (TPSA) is 86.7 Å². The number of Topliss-reactive ketones (excluding diaryl/α,β-unsaturated/α-hetero) is 2. The molecule has 0 aromatic heterocycles. The molecule has 32 heavy (non-hydrogen) atoms. The lowest BCUT2D eigenvalue weighted by molar-refractivity contribution is -0.148. The molecule has 0 N–H and O–H groups in total. The fraction of sp³-hybridized carbons (Fsp3) is 0.167. The van der Waals surface area contributed by atoms with Gasteiger partial charge in [-0.2, -0.15) is 0 Å². The van der Waals surface area contributed by atoms with Crippen molar-refractivity contribution in [3.8, 4) is 0 Å². The van der Waals surface area contributed by atoms with Gasteiger partial charge in [0.2, 0.25) is 11.6 Å². The van der Waals surface area contributed by atoms with Gasteiger partial charge in [-0.05, 0) is 35.4 Å². The second-order valence-corrected chi connectivity index (χ2v) is 9.55. The summed E-state index contributed by atoms with van der Waals surface area (Å²) in [4.78, 5) is 51.9. The van der Waals surface area contributed by atoms with Crippen LogP contribution in [-0.2, 0) is 28.7 Å². The molecule has 0 saturated carbocycles. The van der Waals surface area contributed by atoms with Gasteiger partial charge in [-0.1, -0.05) is 56.1 Å². The average Bonchev–Trinajstić information content (AvgIpc) is 2.76. The van der Waals surface area contributed by atoms with Crippen LogP contribution in [-0.4, -0.2) is 23.5 Å². The zero-order valence-corrected chi connectivity index (χ0v) is 19.6. The van der Waals surface area contributed by atoms with Crippen LogP contribution in [0.5, 0.6) is 0 Å². The van der Waals surface area contributed by atoms with Gasteiger partial charge >= 0.3 is 11.9 Å². The molecular formula is C24H14Br2O6. The van der Waals surface area contributed by atoms with E-state index in [1.54, 1.807) is 36.4 Å². The number of halogens is 2. The van der Waals surface area contributed by atoms with Crippen molar-refractivity contribution in [2.24, 2.45) is 0 Å². The summed E-state index contributed by atoms with van der Waals surface area (Å²) in [5.74, 6) is -4.28. The summed E-state index contributed by atoms with van der Waals surface area (Å²) in [6.45, 7) is 0. The Morgan fingerprint density at radius 3 is 1.44 bits per heavy atom. The molecule has 0 saturated heterocycles. The van der Waals surface area contributed by atoms with Gasteiger partial charge in [0, 0.05) is 20.8 Å². The number of benzene rings is 2. The number of allylic oxidation sites excluding steroid dienone is 2. The fourth-order valence-electron chi connectivity index (χ4n) is 4.40. The summed E-state index contributed by atoms with van der Waals surface area (Å²) >= 11 is 6.79. The van der Waals surface area contributed by atoms with Crippen molar-refractivity contribution in [3.63, 3.8) is 0 Å². The molecule has 2 atom stereocenters. The highest BCUT2D eigenvalue weighted by atomic mass is 79.9. The van der Waals surface area contributed by atoms with Crippen LogP contribution in [0.3, 0.4) is 0 Å². The smallest absolute Gasteiger partial charge is 0.312 e. The lowest BCUT2D eigenvalue weighted by Gasteiger charge is -2.34. The molecule has 0 fully saturated rings. The van der Waals surface area contributed by atoms with Gasteiger partial charge in [-0.3, -0.25) is 19.2 Å². The first-order valence-corrected chi connectivity index (χ1v) is 11.4. The van der Waals surface area contributed by atoms with Gasteiger partial charge in [-0.25, -0.2) is 0 Å². The molecule has 2 aromatic carbocycles. The Hall–Kier alpha value is -2.84. The Morgan fingerprint density at radius 2 is 1.06 bits per heavy atom. The molecule has 160 valence electrons. The van der Waals surface area contributed by atoms with E-state index in [9.17, 15) is 19.2 Å². The van der Waals surface area contributed by atoms with Crippen LogP contribution in [0, 0.1) is 0 Å². The van der Waals surface area contributed by atoms with Crippen molar-refractivity contribution in [3.05, 3.63) is 91.3 Å². The maximum Gasteiger partial charge on any atom is 0.312 e. The van der Waals surface area contributed by atoms with Gasteiger partial charge in [0.15, 0.2) is 11.5 Å². The van der Waals surface area contributed by atoms with Crippen LogP contribution in [0.2, 0.25) is 0 Å². The molecule has 2 unspecified atom stereocenters. The zero-order chi connectivity index (χ0) is 22.6. The number of carbonyl (C=O) groups excluding carboxylic acids is 4. The Kier molecular flexibility index (Phi) is 5.22. The minimum Gasteiger partial charge on any atom is -0.422 e. The van der Waals surface area contributed by atoms with Crippen molar-refractivity contribution in [1.29, 1.82) is 0 Å². The lowest BCUT2D eigenvalue weighted by atomic mass is 9.74. The van der Waals surface area contributed by atoms with Gasteiger partial charge in [0.05, 0.1) is 24.0 Å². The van der Waals surface area contributed by atoms with Crippen molar-refractivity contribution in [2.75, 3.05) is 0 Å². The third-order valence-corrected chi connectivity index (χ3v) is 6.75. The molecule has 6 nitrogen and oxygen atoms in total. The first kappa shape index (κ1) is 21.0. The van der Waals surface area contributed by atoms with E-state index in [1.807, 2.05) is 12.1 Å². The molecule has 0 spiro atoms. The Balaban J connectivity index is 1.66. The van der Waals surface area contributed by atoms with E-state index < -0.39 is 35.3 Å². The van der Waals surface area contributed by atoms with E-state index in [-0.39, 0.29) is 35.5 Å². The Labute approximate surface area is 199 Å². The monoisotopic (exact) mass is 556 g/mol. The lowest BCUT2D eigenvalue weighted by Crippen LogP contribution is -2.38. The minimum absolute atomic E-state index is 0.0501. The number of ketones is 2. The summed E-state index contributed by atoms with van der Waals surface area (Å²) in [6.07, 6.45) is -0.195. The zero-order valence-electron chi connectivity index (χ0n) is 16.4. The highest BCUT2D eigenvalue weighted by Gasteiger charge is 2.49. The molecule has 3 aliphatic rings. The van der Waals surface area contributed by atoms with E-state index >= 15 is 0 Å². The molecule has 2 heterocycles. The highest BCUT2D eigenvalue weighted by molar-refractivity contribution is 9.10. The molecule has 5 rings (SSSR count). The molecule has 8 heteroatoms. The standard InChI is InChI=1S/C24H14Br2O6/c25-13-5-1-3-11(7-13)15-9-17(27)31-23-19(15)21(29)24-20(22(23)30)16(10-18(28)32-24)12-4-2-6-14(26)8-12/h1-8,15-16H,9-10H2. The maximum absolute atomic E-state index is 13.5. The van der Waals surface area contributed by atoms with E-state index in [2.05, 4.69) is 31.9 Å². The van der Waals surface area contributed by atoms with Crippen molar-refractivity contribution in [1.82, 2.24) is 0 Å². The normalized spacial score (nSPS) is 22.9. The predicted octanol–water partition coefficient (Wildman–Crippen LogP) is 4.63. The quantitative estimate of drug-likeness (QED) is 0.395. The number of carbonyl (C=O) groups is 4. The SMILES string of the molecule is O=C1CC(c2cccc(Br)c2)C2=C(O1)C(=O)C1=C(OC(=O)CC1c1cccc(Br)c1)C2=O. The summed E-state index contributed by atoms with van der Waals surface area (Å²) < 4.78 is 12.2. The Bertz CT molecular complexity index is 1190. The number of rotatable bonds is 2. The summed E-state index contributed by atoms with van der Waals surface area (Å²) in [6, 6.07) is 14.3. The second kappa shape index (κ2) is 7.94. The van der Waals surface area contributed by atoms with Crippen LogP contribution in [0.15, 0.2) is 80.1 Å². The Morgan fingerprint density at radius 1 is 0.656 bits per heavy atom. The summed E-state index contributed by atoms with van der Waals surface area (Å²) in [5.41, 5.74) is 1.46. The molecule has 0 bridgehead atoms. The van der Waals surface area contributed by atoms with Crippen LogP contribution in [0.1, 0.15) is 35.8 Å². The van der Waals surface area contributed by atoms with Crippen LogP contribution < -0.4 is 0 Å². The summed E-state index contributed by atoms with van der Waals surface area (Å²) in [7, 11) is 0. The molecular weight excluding hydrogens is 544 g/mol. The number of esters is 2. The molecule has 0 radical (unpaired) electrons. The second-order valence-electron chi connectivity index (χ2n) is 7.72. The first-order chi connectivity index (χ1) is 15.3. The number of ether oxygens (including phenoxy) is 2. The van der Waals surface area contributed by atoms with Crippen molar-refractivity contribution < 1.29 is 28.7 Å². The third-order valence-electron chi connectivity index (χ3n) is 5.76. The molecule has 1 aliphatic carbocycles. The van der Waals surface area contributed by atoms with E-state index in [0.717, 1.165) is 8.95 Å². The molecule has 2 aliphatic heterocycles. The largest absolute Gasteiger partial charge is 0.422 e. The molecule has 2 aromatic rings. The number of hydrogen-bond acceptors (Lipinski definition) is 6. The summed E-state index contributed by atoms with van der Waals surface area (Å²) in [5, 5.41) is 0. The van der Waals surface area contributed by atoms with Crippen LogP contribution >= 0.6 is 31.9 Å². The molecule has 0 amide bonds. The van der Waals surface area contributed by atoms with E-state index in [0.29, 0.717) is 11.1 Å².